The van der Waals surface area contributed by atoms with Gasteiger partial charge in [0.25, 0.3) is 0 Å². The van der Waals surface area contributed by atoms with Gasteiger partial charge in [-0.05, 0) is 37.6 Å². The molecule has 0 spiro atoms. The van der Waals surface area contributed by atoms with Crippen LogP contribution in [-0.2, 0) is 19.2 Å². The highest BCUT2D eigenvalue weighted by molar-refractivity contribution is 5.94. The number of carbonyl (C=O) groups is 4. The van der Waals surface area contributed by atoms with E-state index in [0.717, 1.165) is 0 Å². The van der Waals surface area contributed by atoms with Gasteiger partial charge in [-0.2, -0.15) is 0 Å². The number of carboxylic acid groups (broad SMARTS) is 1. The van der Waals surface area contributed by atoms with Crippen LogP contribution in [0.4, 0.5) is 0 Å². The Morgan fingerprint density at radius 2 is 1.38 bits per heavy atom. The number of unbranched alkanes of at least 4 members (excludes halogenated alkanes) is 1. The molecule has 0 bridgehead atoms. The van der Waals surface area contributed by atoms with E-state index < -0.39 is 54.5 Å². The quantitative estimate of drug-likeness (QED) is 0.144. The predicted molar refractivity (Wildman–Crippen MR) is 120 cm³/mol. The van der Waals surface area contributed by atoms with Crippen LogP contribution >= 0.6 is 0 Å². The van der Waals surface area contributed by atoms with Crippen molar-refractivity contribution < 1.29 is 29.4 Å². The molecule has 11 nitrogen and oxygen atoms in total. The summed E-state index contributed by atoms with van der Waals surface area (Å²) in [6.45, 7) is 7.01. The second-order valence-corrected chi connectivity index (χ2v) is 8.22. The molecule has 0 aromatic heterocycles. The molecule has 32 heavy (non-hydrogen) atoms. The number of hydrogen-bond acceptors (Lipinski definition) is 7. The van der Waals surface area contributed by atoms with Crippen LogP contribution in [0.5, 0.6) is 0 Å². The average Bonchev–Trinajstić information content (AvgIpc) is 2.77. The maximum absolute atomic E-state index is 13.0. The van der Waals surface area contributed by atoms with Crippen molar-refractivity contribution in [2.24, 2.45) is 23.3 Å². The lowest BCUT2D eigenvalue weighted by atomic mass is 9.95. The average molecular weight is 460 g/mol. The first-order chi connectivity index (χ1) is 15.0. The maximum Gasteiger partial charge on any atom is 0.326 e. The van der Waals surface area contributed by atoms with E-state index in [2.05, 4.69) is 16.0 Å². The molecule has 0 fully saturated rings. The lowest BCUT2D eigenvalue weighted by molar-refractivity contribution is -0.144. The van der Waals surface area contributed by atoms with Crippen molar-refractivity contribution in [2.75, 3.05) is 13.2 Å². The standard InChI is InChI=1S/C21H41N5O6/c1-5-12(3)16(20(30)26-17(21(31)32)13(4)6-2)25-19(29)15(9-7-8-10-22)24-18(28)14(23)11-27/h12-17,27H,5-11,22-23H2,1-4H3,(H,24,28)(H,25,29)(H,26,30)(H,31,32). The van der Waals surface area contributed by atoms with Crippen molar-refractivity contribution >= 4 is 23.7 Å². The van der Waals surface area contributed by atoms with E-state index in [9.17, 15) is 24.3 Å². The fourth-order valence-electron chi connectivity index (χ4n) is 3.01. The molecule has 186 valence electrons. The minimum atomic E-state index is -1.18. The first-order valence-electron chi connectivity index (χ1n) is 11.2. The van der Waals surface area contributed by atoms with Crippen LogP contribution in [0.25, 0.3) is 0 Å². The van der Waals surface area contributed by atoms with Crippen LogP contribution < -0.4 is 27.4 Å². The first kappa shape index (κ1) is 29.8. The SMILES string of the molecule is CCC(C)C(NC(=O)C(NC(=O)C(CCCCN)NC(=O)C(N)CO)C(C)CC)C(=O)O. The largest absolute Gasteiger partial charge is 0.480 e. The molecule has 0 aliphatic rings. The normalized spacial score (nSPS) is 16.7. The third-order valence-corrected chi connectivity index (χ3v) is 5.68. The molecule has 0 heterocycles. The maximum atomic E-state index is 13.0. The molecule has 0 radical (unpaired) electrons. The van der Waals surface area contributed by atoms with Gasteiger partial charge in [-0.25, -0.2) is 4.79 Å². The van der Waals surface area contributed by atoms with Crippen molar-refractivity contribution in [3.63, 3.8) is 0 Å². The smallest absolute Gasteiger partial charge is 0.326 e. The molecule has 0 saturated heterocycles. The van der Waals surface area contributed by atoms with E-state index in [4.69, 9.17) is 16.6 Å². The lowest BCUT2D eigenvalue weighted by Gasteiger charge is -2.29. The molecule has 0 rings (SSSR count). The van der Waals surface area contributed by atoms with Crippen LogP contribution in [0.1, 0.15) is 59.8 Å². The number of amides is 3. The number of hydrogen-bond donors (Lipinski definition) is 7. The molecule has 3 amide bonds. The Balaban J connectivity index is 5.54. The topological polar surface area (TPSA) is 197 Å². The molecule has 0 aromatic carbocycles. The van der Waals surface area contributed by atoms with Gasteiger partial charge < -0.3 is 37.6 Å². The number of carboxylic acids is 1. The minimum absolute atomic E-state index is 0.270. The van der Waals surface area contributed by atoms with Gasteiger partial charge in [0, 0.05) is 0 Å². The van der Waals surface area contributed by atoms with Gasteiger partial charge in [0.1, 0.15) is 24.2 Å². The summed E-state index contributed by atoms with van der Waals surface area (Å²) in [7, 11) is 0. The van der Waals surface area contributed by atoms with Gasteiger partial charge in [0.15, 0.2) is 0 Å². The summed E-state index contributed by atoms with van der Waals surface area (Å²) in [5.74, 6) is -3.60. The van der Waals surface area contributed by atoms with E-state index in [0.29, 0.717) is 32.2 Å². The highest BCUT2D eigenvalue weighted by Gasteiger charge is 2.33. The zero-order valence-electron chi connectivity index (χ0n) is 19.6. The monoisotopic (exact) mass is 459 g/mol. The molecule has 0 aliphatic heterocycles. The highest BCUT2D eigenvalue weighted by atomic mass is 16.4. The molecule has 6 atom stereocenters. The van der Waals surface area contributed by atoms with Crippen molar-refractivity contribution in [3.8, 4) is 0 Å². The van der Waals surface area contributed by atoms with E-state index in [1.54, 1.807) is 13.8 Å². The predicted octanol–water partition coefficient (Wildman–Crippen LogP) is -0.934. The van der Waals surface area contributed by atoms with Crippen molar-refractivity contribution in [1.82, 2.24) is 16.0 Å². The van der Waals surface area contributed by atoms with Crippen LogP contribution in [0.3, 0.4) is 0 Å². The second-order valence-electron chi connectivity index (χ2n) is 8.22. The van der Waals surface area contributed by atoms with Gasteiger partial charge in [-0.3, -0.25) is 14.4 Å². The number of nitrogens with two attached hydrogens (primary N) is 2. The summed E-state index contributed by atoms with van der Waals surface area (Å²) in [4.78, 5) is 49.6. The summed E-state index contributed by atoms with van der Waals surface area (Å²) in [5.41, 5.74) is 11.0. The fourth-order valence-corrected chi connectivity index (χ4v) is 3.01. The van der Waals surface area contributed by atoms with Gasteiger partial charge in [-0.15, -0.1) is 0 Å². The zero-order chi connectivity index (χ0) is 24.8. The van der Waals surface area contributed by atoms with Gasteiger partial charge >= 0.3 is 5.97 Å². The highest BCUT2D eigenvalue weighted by Crippen LogP contribution is 2.13. The Labute approximate surface area is 190 Å². The Morgan fingerprint density at radius 3 is 1.84 bits per heavy atom. The van der Waals surface area contributed by atoms with Crippen molar-refractivity contribution in [3.05, 3.63) is 0 Å². The van der Waals surface area contributed by atoms with Crippen LogP contribution in [0.2, 0.25) is 0 Å². The molecular formula is C21H41N5O6. The van der Waals surface area contributed by atoms with E-state index in [-0.39, 0.29) is 18.3 Å². The lowest BCUT2D eigenvalue weighted by Crippen LogP contribution is -2.59. The van der Waals surface area contributed by atoms with Crippen molar-refractivity contribution in [1.29, 1.82) is 0 Å². The third kappa shape index (κ3) is 9.92. The third-order valence-electron chi connectivity index (χ3n) is 5.68. The molecule has 6 unspecified atom stereocenters. The molecular weight excluding hydrogens is 418 g/mol. The summed E-state index contributed by atoms with van der Waals surface area (Å²) in [6.07, 6.45) is 2.57. The van der Waals surface area contributed by atoms with E-state index in [1.807, 2.05) is 13.8 Å². The molecule has 0 aromatic rings. The Kier molecular flexibility index (Phi) is 14.5. The molecule has 11 heteroatoms. The minimum Gasteiger partial charge on any atom is -0.480 e. The van der Waals surface area contributed by atoms with Crippen LogP contribution in [-0.4, -0.2) is 71.2 Å². The molecule has 9 N–H and O–H groups in total. The Morgan fingerprint density at radius 1 is 0.844 bits per heavy atom. The Hall–Kier alpha value is -2.24. The van der Waals surface area contributed by atoms with E-state index >= 15 is 0 Å². The summed E-state index contributed by atoms with van der Waals surface area (Å²) >= 11 is 0. The van der Waals surface area contributed by atoms with Gasteiger partial charge in [0.2, 0.25) is 17.7 Å². The number of nitrogens with one attached hydrogen (secondary N) is 3. The number of carbonyl (C=O) groups excluding carboxylic acids is 3. The van der Waals surface area contributed by atoms with E-state index in [1.165, 1.54) is 0 Å². The second kappa shape index (κ2) is 15.5. The number of rotatable bonds is 16. The first-order valence-corrected chi connectivity index (χ1v) is 11.2. The number of aliphatic hydroxyl groups excluding tert-OH is 1. The summed E-state index contributed by atoms with van der Waals surface area (Å²) < 4.78 is 0. The van der Waals surface area contributed by atoms with Crippen molar-refractivity contribution in [2.45, 2.75) is 84.0 Å². The zero-order valence-corrected chi connectivity index (χ0v) is 19.6. The number of aliphatic carboxylic acids is 1. The van der Waals surface area contributed by atoms with Crippen LogP contribution in [0.15, 0.2) is 0 Å². The summed E-state index contributed by atoms with van der Waals surface area (Å²) in [6, 6.07) is -4.23. The fraction of sp³-hybridized carbons (Fsp3) is 0.810. The molecule has 0 saturated carbocycles. The number of aliphatic hydroxyl groups is 1. The van der Waals surface area contributed by atoms with Gasteiger partial charge in [0.05, 0.1) is 6.61 Å². The molecule has 0 aliphatic carbocycles. The summed E-state index contributed by atoms with van der Waals surface area (Å²) in [5, 5.41) is 26.3. The Bertz CT molecular complexity index is 617. The van der Waals surface area contributed by atoms with Crippen LogP contribution in [0, 0.1) is 11.8 Å². The van der Waals surface area contributed by atoms with Gasteiger partial charge in [-0.1, -0.05) is 40.5 Å².